The molecular weight excluding hydrogens is 263 g/mol. The van der Waals surface area contributed by atoms with Gasteiger partial charge in [-0.15, -0.1) is 0 Å². The molecule has 108 valence electrons. The fourth-order valence-corrected chi connectivity index (χ4v) is 3.11. The molecule has 5 heteroatoms. The van der Waals surface area contributed by atoms with Crippen molar-refractivity contribution >= 4 is 5.97 Å². The maximum absolute atomic E-state index is 13.8. The highest BCUT2D eigenvalue weighted by molar-refractivity contribution is 5.72. The maximum Gasteiger partial charge on any atom is 0.335 e. The van der Waals surface area contributed by atoms with E-state index in [0.717, 1.165) is 18.4 Å². The molecule has 1 unspecified atom stereocenters. The minimum absolute atomic E-state index is 0.0969. The zero-order chi connectivity index (χ0) is 14.2. The van der Waals surface area contributed by atoms with Gasteiger partial charge in [-0.05, 0) is 30.4 Å². The average molecular weight is 280 g/mol. The zero-order valence-corrected chi connectivity index (χ0v) is 11.0. The quantitative estimate of drug-likeness (QED) is 0.905. The molecule has 4 nitrogen and oxygen atoms in total. The molecule has 0 amide bonds. The van der Waals surface area contributed by atoms with E-state index in [1.54, 1.807) is 6.07 Å². The lowest BCUT2D eigenvalue weighted by Gasteiger charge is -2.35. The summed E-state index contributed by atoms with van der Waals surface area (Å²) in [6, 6.07) is 6.81. The first-order chi connectivity index (χ1) is 9.60. The highest BCUT2D eigenvalue weighted by atomic mass is 19.1. The lowest BCUT2D eigenvalue weighted by Crippen LogP contribution is -2.36. The lowest BCUT2D eigenvalue weighted by atomic mass is 9.81. The van der Waals surface area contributed by atoms with Crippen molar-refractivity contribution in [2.24, 2.45) is 0 Å². The monoisotopic (exact) mass is 280 g/mol. The van der Waals surface area contributed by atoms with Crippen molar-refractivity contribution in [2.45, 2.75) is 43.5 Å². The Balaban J connectivity index is 1.66. The van der Waals surface area contributed by atoms with E-state index >= 15 is 0 Å². The summed E-state index contributed by atoms with van der Waals surface area (Å²) in [5.41, 5.74) is 0.732. The summed E-state index contributed by atoms with van der Waals surface area (Å²) in [7, 11) is 0. The molecule has 20 heavy (non-hydrogen) atoms. The smallest absolute Gasteiger partial charge is 0.335 e. The summed E-state index contributed by atoms with van der Waals surface area (Å²) < 4.78 is 24.9. The van der Waals surface area contributed by atoms with E-state index in [9.17, 15) is 9.18 Å². The van der Waals surface area contributed by atoms with Crippen LogP contribution in [0, 0.1) is 5.82 Å². The summed E-state index contributed by atoms with van der Waals surface area (Å²) in [5, 5.41) is 8.94. The van der Waals surface area contributed by atoms with E-state index in [2.05, 4.69) is 0 Å². The minimum atomic E-state index is -0.988. The molecule has 0 aromatic heterocycles. The van der Waals surface area contributed by atoms with E-state index in [1.165, 1.54) is 6.07 Å². The van der Waals surface area contributed by atoms with Crippen LogP contribution in [0.25, 0.3) is 0 Å². The fraction of sp³-hybridized carbons (Fsp3) is 0.533. The number of carbonyl (C=O) groups is 1. The second kappa shape index (κ2) is 5.14. The van der Waals surface area contributed by atoms with Crippen LogP contribution in [0.5, 0.6) is 0 Å². The third-order valence-corrected chi connectivity index (χ3v) is 4.22. The second-order valence-electron chi connectivity index (χ2n) is 5.46. The highest BCUT2D eigenvalue weighted by Gasteiger charge is 2.46. The molecular formula is C15H17FO4. The number of hydrogen-bond acceptors (Lipinski definition) is 3. The van der Waals surface area contributed by atoms with Crippen LogP contribution in [0.4, 0.5) is 4.39 Å². The number of rotatable bonds is 2. The van der Waals surface area contributed by atoms with Gasteiger partial charge in [0.05, 0.1) is 6.61 Å². The van der Waals surface area contributed by atoms with Gasteiger partial charge in [0.2, 0.25) is 0 Å². The summed E-state index contributed by atoms with van der Waals surface area (Å²) in [6.45, 7) is 0.0969. The van der Waals surface area contributed by atoms with Crippen molar-refractivity contribution in [3.8, 4) is 0 Å². The number of hydrogen-bond donors (Lipinski definition) is 1. The first kappa shape index (κ1) is 13.5. The lowest BCUT2D eigenvalue weighted by molar-refractivity contribution is -0.195. The van der Waals surface area contributed by atoms with Gasteiger partial charge in [0.1, 0.15) is 5.82 Å². The molecule has 1 aliphatic carbocycles. The Morgan fingerprint density at radius 1 is 1.30 bits per heavy atom. The molecule has 0 radical (unpaired) electrons. The maximum atomic E-state index is 13.8. The van der Waals surface area contributed by atoms with Crippen molar-refractivity contribution in [2.75, 3.05) is 6.61 Å². The van der Waals surface area contributed by atoms with Gasteiger partial charge in [-0.2, -0.15) is 0 Å². The fourth-order valence-electron chi connectivity index (χ4n) is 3.11. The van der Waals surface area contributed by atoms with Crippen molar-refractivity contribution < 1.29 is 23.8 Å². The van der Waals surface area contributed by atoms with Crippen LogP contribution in [0.2, 0.25) is 0 Å². The molecule has 3 rings (SSSR count). The Bertz CT molecular complexity index is 508. The van der Waals surface area contributed by atoms with Gasteiger partial charge >= 0.3 is 5.97 Å². The van der Waals surface area contributed by atoms with E-state index < -0.39 is 17.9 Å². The Morgan fingerprint density at radius 2 is 2.00 bits per heavy atom. The topological polar surface area (TPSA) is 55.8 Å². The van der Waals surface area contributed by atoms with Crippen molar-refractivity contribution in [1.82, 2.24) is 0 Å². The van der Waals surface area contributed by atoms with Crippen molar-refractivity contribution in [3.63, 3.8) is 0 Å². The van der Waals surface area contributed by atoms with Gasteiger partial charge in [-0.1, -0.05) is 18.2 Å². The third kappa shape index (κ3) is 2.43. The SMILES string of the molecule is O=C(O)C1COC2(CCC(c3ccccc3F)CC2)O1. The Morgan fingerprint density at radius 3 is 2.60 bits per heavy atom. The van der Waals surface area contributed by atoms with Crippen LogP contribution in [0.1, 0.15) is 37.2 Å². The summed E-state index contributed by atoms with van der Waals surface area (Å²) in [6.07, 6.45) is 1.83. The summed E-state index contributed by atoms with van der Waals surface area (Å²) in [4.78, 5) is 10.9. The molecule has 1 spiro atoms. The molecule has 1 aromatic rings. The predicted molar refractivity (Wildman–Crippen MR) is 68.8 cm³/mol. The minimum Gasteiger partial charge on any atom is -0.479 e. The van der Waals surface area contributed by atoms with Gasteiger partial charge in [0, 0.05) is 12.8 Å². The first-order valence-corrected chi connectivity index (χ1v) is 6.89. The van der Waals surface area contributed by atoms with E-state index in [-0.39, 0.29) is 18.3 Å². The standard InChI is InChI=1S/C15H17FO4/c16-12-4-2-1-3-11(12)10-5-7-15(8-6-10)19-9-13(20-15)14(17)18/h1-4,10,13H,5-9H2,(H,17,18). The van der Waals surface area contributed by atoms with E-state index in [0.29, 0.717) is 12.8 Å². The number of aliphatic carboxylic acids is 1. The van der Waals surface area contributed by atoms with Crippen molar-refractivity contribution in [3.05, 3.63) is 35.6 Å². The number of ether oxygens (including phenoxy) is 2. The normalized spacial score (nSPS) is 33.5. The number of benzene rings is 1. The van der Waals surface area contributed by atoms with Gasteiger partial charge in [-0.3, -0.25) is 0 Å². The van der Waals surface area contributed by atoms with Gasteiger partial charge in [-0.25, -0.2) is 9.18 Å². The zero-order valence-electron chi connectivity index (χ0n) is 11.0. The molecule has 1 aromatic carbocycles. The van der Waals surface area contributed by atoms with Crippen LogP contribution in [0.3, 0.4) is 0 Å². The molecule has 1 heterocycles. The van der Waals surface area contributed by atoms with Gasteiger partial charge < -0.3 is 14.6 Å². The van der Waals surface area contributed by atoms with Crippen molar-refractivity contribution in [1.29, 1.82) is 0 Å². The van der Waals surface area contributed by atoms with Crippen LogP contribution >= 0.6 is 0 Å². The average Bonchev–Trinajstić information content (AvgIpc) is 2.85. The second-order valence-corrected chi connectivity index (χ2v) is 5.46. The van der Waals surface area contributed by atoms with Crippen LogP contribution in [0.15, 0.2) is 24.3 Å². The third-order valence-electron chi connectivity index (χ3n) is 4.22. The van der Waals surface area contributed by atoms with Crippen LogP contribution in [-0.2, 0) is 14.3 Å². The van der Waals surface area contributed by atoms with Crippen LogP contribution in [-0.4, -0.2) is 29.6 Å². The van der Waals surface area contributed by atoms with Crippen LogP contribution < -0.4 is 0 Å². The molecule has 1 aliphatic heterocycles. The molecule has 1 saturated heterocycles. The van der Waals surface area contributed by atoms with Gasteiger partial charge in [0.25, 0.3) is 0 Å². The number of carboxylic acid groups (broad SMARTS) is 1. The highest BCUT2D eigenvalue weighted by Crippen LogP contribution is 2.44. The summed E-state index contributed by atoms with van der Waals surface area (Å²) in [5.74, 6) is -1.79. The molecule has 1 saturated carbocycles. The molecule has 0 bridgehead atoms. The molecule has 1 N–H and O–H groups in total. The number of halogens is 1. The first-order valence-electron chi connectivity index (χ1n) is 6.89. The summed E-state index contributed by atoms with van der Waals surface area (Å²) >= 11 is 0. The number of carboxylic acids is 1. The molecule has 1 atom stereocenters. The predicted octanol–water partition coefficient (Wildman–Crippen LogP) is 2.68. The van der Waals surface area contributed by atoms with Gasteiger partial charge in [0.15, 0.2) is 11.9 Å². The Labute approximate surface area is 116 Å². The largest absolute Gasteiger partial charge is 0.479 e. The Kier molecular flexibility index (Phi) is 3.48. The molecule has 2 aliphatic rings. The van der Waals surface area contributed by atoms with E-state index in [4.69, 9.17) is 14.6 Å². The Hall–Kier alpha value is -1.46. The van der Waals surface area contributed by atoms with E-state index in [1.807, 2.05) is 12.1 Å². The molecule has 2 fully saturated rings.